The predicted octanol–water partition coefficient (Wildman–Crippen LogP) is 2.18. The first-order valence-corrected chi connectivity index (χ1v) is 9.12. The Kier molecular flexibility index (Phi) is 4.88. The Bertz CT molecular complexity index is 1100. The molecular formula is C16H14FN5O4S. The van der Waals surface area contributed by atoms with Gasteiger partial charge in [0.15, 0.2) is 0 Å². The number of halogens is 1. The molecule has 1 aromatic heterocycles. The molecule has 0 aliphatic carbocycles. The highest BCUT2D eigenvalue weighted by atomic mass is 32.2. The summed E-state index contributed by atoms with van der Waals surface area (Å²) in [7, 11) is -4.19. The normalized spacial score (nSPS) is 11.3. The van der Waals surface area contributed by atoms with Crippen molar-refractivity contribution in [2.45, 2.75) is 11.4 Å². The first-order valence-electron chi connectivity index (χ1n) is 7.57. The molecule has 3 aromatic rings. The number of nitro benzene ring substituents is 1. The van der Waals surface area contributed by atoms with Gasteiger partial charge in [0.25, 0.3) is 5.69 Å². The van der Waals surface area contributed by atoms with Crippen LogP contribution in [0, 0.1) is 15.9 Å². The summed E-state index contributed by atoms with van der Waals surface area (Å²) in [5.41, 5.74) is 0.536. The minimum atomic E-state index is -4.19. The Morgan fingerprint density at radius 1 is 1.26 bits per heavy atom. The average Bonchev–Trinajstić information content (AvgIpc) is 3.13. The van der Waals surface area contributed by atoms with E-state index in [1.807, 2.05) is 0 Å². The first kappa shape index (κ1) is 18.5. The number of imidazole rings is 1. The maximum Gasteiger partial charge on any atom is 0.270 e. The van der Waals surface area contributed by atoms with E-state index in [0.29, 0.717) is 11.3 Å². The second-order valence-corrected chi connectivity index (χ2v) is 7.12. The highest BCUT2D eigenvalue weighted by Gasteiger charge is 2.19. The summed E-state index contributed by atoms with van der Waals surface area (Å²) >= 11 is 0. The van der Waals surface area contributed by atoms with Crippen LogP contribution in [0.4, 0.5) is 15.8 Å². The van der Waals surface area contributed by atoms with Crippen LogP contribution >= 0.6 is 0 Å². The van der Waals surface area contributed by atoms with E-state index in [-0.39, 0.29) is 12.2 Å². The largest absolute Gasteiger partial charge is 0.380 e. The van der Waals surface area contributed by atoms with Gasteiger partial charge in [0.2, 0.25) is 10.0 Å². The van der Waals surface area contributed by atoms with E-state index in [4.69, 9.17) is 5.14 Å². The molecule has 0 atom stereocenters. The molecule has 0 bridgehead atoms. The van der Waals surface area contributed by atoms with Crippen LogP contribution in [0.3, 0.4) is 0 Å². The van der Waals surface area contributed by atoms with Crippen LogP contribution in [-0.4, -0.2) is 22.9 Å². The SMILES string of the molecule is NS(=O)(=O)c1cc([N+](=O)[O-])ccc1NCc1ccc(-n2ccnc2)c(F)c1. The lowest BCUT2D eigenvalue weighted by Crippen LogP contribution is -2.15. The minimum absolute atomic E-state index is 0.0848. The summed E-state index contributed by atoms with van der Waals surface area (Å²) in [6, 6.07) is 7.79. The highest BCUT2D eigenvalue weighted by molar-refractivity contribution is 7.89. The molecule has 0 saturated heterocycles. The summed E-state index contributed by atoms with van der Waals surface area (Å²) in [4.78, 5) is 13.6. The molecule has 9 nitrogen and oxygen atoms in total. The zero-order chi connectivity index (χ0) is 19.6. The Morgan fingerprint density at radius 2 is 2.04 bits per heavy atom. The lowest BCUT2D eigenvalue weighted by Gasteiger charge is -2.12. The van der Waals surface area contributed by atoms with Crippen molar-refractivity contribution in [2.24, 2.45) is 5.14 Å². The number of hydrogen-bond donors (Lipinski definition) is 2. The molecule has 140 valence electrons. The monoisotopic (exact) mass is 391 g/mol. The van der Waals surface area contributed by atoms with Gasteiger partial charge in [0.1, 0.15) is 10.7 Å². The van der Waals surface area contributed by atoms with Gasteiger partial charge in [-0.05, 0) is 23.8 Å². The Balaban J connectivity index is 1.85. The Hall–Kier alpha value is -3.31. The first-order chi connectivity index (χ1) is 12.8. The number of aromatic nitrogens is 2. The number of nitrogens with two attached hydrogens (primary N) is 1. The molecule has 0 fully saturated rings. The fraction of sp³-hybridized carbons (Fsp3) is 0.0625. The van der Waals surface area contributed by atoms with Crippen LogP contribution in [0.2, 0.25) is 0 Å². The van der Waals surface area contributed by atoms with Crippen LogP contribution in [0.25, 0.3) is 5.69 Å². The van der Waals surface area contributed by atoms with Crippen molar-refractivity contribution >= 4 is 21.4 Å². The van der Waals surface area contributed by atoms with Crippen molar-refractivity contribution in [3.05, 3.63) is 76.6 Å². The molecule has 0 saturated carbocycles. The molecule has 27 heavy (non-hydrogen) atoms. The molecule has 11 heteroatoms. The Morgan fingerprint density at radius 3 is 2.63 bits per heavy atom. The maximum atomic E-state index is 14.3. The standard InChI is InChI=1S/C16H14FN5O4S/c17-13-7-11(1-4-15(13)21-6-5-19-10-21)9-20-14-3-2-12(22(23)24)8-16(14)27(18,25)26/h1-8,10,20H,9H2,(H2,18,25,26). The fourth-order valence-corrected chi connectivity index (χ4v) is 3.21. The van der Waals surface area contributed by atoms with Crippen LogP contribution in [0.5, 0.6) is 0 Å². The molecule has 0 aliphatic heterocycles. The number of benzene rings is 2. The van der Waals surface area contributed by atoms with Crippen molar-refractivity contribution < 1.29 is 17.7 Å². The van der Waals surface area contributed by atoms with Crippen molar-refractivity contribution in [2.75, 3.05) is 5.32 Å². The van der Waals surface area contributed by atoms with E-state index in [9.17, 15) is 22.9 Å². The lowest BCUT2D eigenvalue weighted by molar-refractivity contribution is -0.385. The van der Waals surface area contributed by atoms with Gasteiger partial charge in [-0.25, -0.2) is 22.9 Å². The molecule has 2 aromatic carbocycles. The quantitative estimate of drug-likeness (QED) is 0.489. The number of anilines is 1. The van der Waals surface area contributed by atoms with E-state index in [1.54, 1.807) is 18.3 Å². The fourth-order valence-electron chi connectivity index (χ4n) is 2.47. The van der Waals surface area contributed by atoms with Gasteiger partial charge in [0.05, 0.1) is 22.6 Å². The number of rotatable bonds is 6. The second kappa shape index (κ2) is 7.13. The summed E-state index contributed by atoms with van der Waals surface area (Å²) < 4.78 is 39.2. The van der Waals surface area contributed by atoms with Crippen molar-refractivity contribution in [3.63, 3.8) is 0 Å². The number of primary sulfonamides is 1. The Labute approximate surface area is 153 Å². The molecule has 0 spiro atoms. The molecule has 1 heterocycles. The van der Waals surface area contributed by atoms with Gasteiger partial charge in [0, 0.05) is 31.1 Å². The molecule has 0 radical (unpaired) electrons. The highest BCUT2D eigenvalue weighted by Crippen LogP contribution is 2.26. The molecular weight excluding hydrogens is 377 g/mol. The molecule has 3 rings (SSSR count). The zero-order valence-electron chi connectivity index (χ0n) is 13.7. The van der Waals surface area contributed by atoms with Crippen LogP contribution in [-0.2, 0) is 16.6 Å². The smallest absolute Gasteiger partial charge is 0.270 e. The van der Waals surface area contributed by atoms with Crippen molar-refractivity contribution in [1.82, 2.24) is 9.55 Å². The molecule has 0 unspecified atom stereocenters. The van der Waals surface area contributed by atoms with Crippen LogP contribution in [0.15, 0.2) is 60.0 Å². The van der Waals surface area contributed by atoms with Crippen molar-refractivity contribution in [1.29, 1.82) is 0 Å². The summed E-state index contributed by atoms with van der Waals surface area (Å²) in [5, 5.41) is 18.8. The maximum absolute atomic E-state index is 14.3. The van der Waals surface area contributed by atoms with Crippen LogP contribution < -0.4 is 10.5 Å². The molecule has 0 aliphatic rings. The number of sulfonamides is 1. The molecule has 3 N–H and O–H groups in total. The zero-order valence-corrected chi connectivity index (χ0v) is 14.6. The third-order valence-corrected chi connectivity index (χ3v) is 4.71. The van der Waals surface area contributed by atoms with Gasteiger partial charge in [-0.1, -0.05) is 6.07 Å². The van der Waals surface area contributed by atoms with Gasteiger partial charge in [-0.3, -0.25) is 10.1 Å². The van der Waals surface area contributed by atoms with E-state index < -0.39 is 31.3 Å². The van der Waals surface area contributed by atoms with E-state index >= 15 is 0 Å². The van der Waals surface area contributed by atoms with Gasteiger partial charge >= 0.3 is 0 Å². The summed E-state index contributed by atoms with van der Waals surface area (Å²) in [6.45, 7) is 0.0848. The number of nitrogens with one attached hydrogen (secondary N) is 1. The van der Waals surface area contributed by atoms with Crippen LogP contribution in [0.1, 0.15) is 5.56 Å². The summed E-state index contributed by atoms with van der Waals surface area (Å²) in [5.74, 6) is -0.484. The number of hydrogen-bond acceptors (Lipinski definition) is 6. The van der Waals surface area contributed by atoms with Gasteiger partial charge in [-0.2, -0.15) is 0 Å². The number of nitro groups is 1. The van der Waals surface area contributed by atoms with Gasteiger partial charge < -0.3 is 9.88 Å². The lowest BCUT2D eigenvalue weighted by atomic mass is 10.2. The van der Waals surface area contributed by atoms with Crippen molar-refractivity contribution in [3.8, 4) is 5.69 Å². The minimum Gasteiger partial charge on any atom is -0.380 e. The third-order valence-electron chi connectivity index (χ3n) is 3.76. The average molecular weight is 391 g/mol. The topological polar surface area (TPSA) is 133 Å². The van der Waals surface area contributed by atoms with E-state index in [1.165, 1.54) is 29.2 Å². The van der Waals surface area contributed by atoms with Gasteiger partial charge in [-0.15, -0.1) is 0 Å². The second-order valence-electron chi connectivity index (χ2n) is 5.59. The molecule has 0 amide bonds. The van der Waals surface area contributed by atoms with E-state index in [2.05, 4.69) is 10.3 Å². The summed E-state index contributed by atoms with van der Waals surface area (Å²) in [6.07, 6.45) is 4.59. The third kappa shape index (κ3) is 4.10. The van der Waals surface area contributed by atoms with E-state index in [0.717, 1.165) is 12.1 Å². The number of nitrogens with zero attached hydrogens (tertiary/aromatic N) is 3. The predicted molar refractivity (Wildman–Crippen MR) is 95.3 cm³/mol. The number of non-ortho nitro benzene ring substituents is 1.